The Kier molecular flexibility index (Phi) is 2.48. The van der Waals surface area contributed by atoms with Crippen LogP contribution in [0.1, 0.15) is 24.5 Å². The van der Waals surface area contributed by atoms with Crippen LogP contribution in [-0.4, -0.2) is 43.0 Å². The van der Waals surface area contributed by atoms with Gasteiger partial charge in [-0.25, -0.2) is 0 Å². The van der Waals surface area contributed by atoms with Crippen LogP contribution < -0.4 is 0 Å². The Morgan fingerprint density at radius 1 is 1.22 bits per heavy atom. The number of fused-ring (bicyclic) bond motifs is 1. The third kappa shape index (κ3) is 1.56. The molecular weight excluding hydrogens is 228 g/mol. The monoisotopic (exact) mass is 246 g/mol. The number of hydrogen-bond donors (Lipinski definition) is 0. The Bertz CT molecular complexity index is 581. The van der Waals surface area contributed by atoms with Crippen LogP contribution in [0.15, 0.2) is 6.07 Å². The third-order valence-electron chi connectivity index (χ3n) is 3.72. The summed E-state index contributed by atoms with van der Waals surface area (Å²) < 4.78 is 4.08. The second kappa shape index (κ2) is 3.91. The summed E-state index contributed by atoms with van der Waals surface area (Å²) in [5.41, 5.74) is 2.04. The minimum atomic E-state index is 0.314. The standard InChI is InChI=1S/C12H18N6/c1-8-7-10(17(4)15-8)12-14-13-11-9(2)16(3)5-6-18(11)12/h7,9H,5-6H2,1-4H3/t9-/m1/s1. The average molecular weight is 246 g/mol. The number of nitrogens with zero attached hydrogens (tertiary/aromatic N) is 6. The van der Waals surface area contributed by atoms with Crippen LogP contribution in [0.2, 0.25) is 0 Å². The topological polar surface area (TPSA) is 51.8 Å². The lowest BCUT2D eigenvalue weighted by atomic mass is 10.2. The van der Waals surface area contributed by atoms with Crippen molar-refractivity contribution in [3.8, 4) is 11.5 Å². The van der Waals surface area contributed by atoms with Crippen molar-refractivity contribution in [3.63, 3.8) is 0 Å². The fraction of sp³-hybridized carbons (Fsp3) is 0.583. The lowest BCUT2D eigenvalue weighted by Gasteiger charge is -2.30. The number of aryl methyl sites for hydroxylation is 2. The lowest BCUT2D eigenvalue weighted by molar-refractivity contribution is 0.206. The van der Waals surface area contributed by atoms with Crippen LogP contribution in [0.4, 0.5) is 0 Å². The van der Waals surface area contributed by atoms with Crippen molar-refractivity contribution in [1.82, 2.24) is 29.4 Å². The van der Waals surface area contributed by atoms with Gasteiger partial charge in [0.1, 0.15) is 11.5 Å². The van der Waals surface area contributed by atoms with Crippen LogP contribution in [0.3, 0.4) is 0 Å². The summed E-state index contributed by atoms with van der Waals surface area (Å²) in [5, 5.41) is 13.1. The number of aromatic nitrogens is 5. The quantitative estimate of drug-likeness (QED) is 0.753. The normalized spacial score (nSPS) is 20.1. The molecule has 0 radical (unpaired) electrons. The molecule has 1 atom stereocenters. The second-order valence-electron chi connectivity index (χ2n) is 4.98. The second-order valence-corrected chi connectivity index (χ2v) is 4.98. The van der Waals surface area contributed by atoms with Gasteiger partial charge in [-0.15, -0.1) is 10.2 Å². The molecule has 1 aliphatic heterocycles. The predicted octanol–water partition coefficient (Wildman–Crippen LogP) is 0.993. The molecule has 0 bridgehead atoms. The molecule has 0 aliphatic carbocycles. The summed E-state index contributed by atoms with van der Waals surface area (Å²) >= 11 is 0. The number of rotatable bonds is 1. The van der Waals surface area contributed by atoms with E-state index in [0.717, 1.165) is 36.1 Å². The van der Waals surface area contributed by atoms with Gasteiger partial charge in [0.2, 0.25) is 0 Å². The van der Waals surface area contributed by atoms with Crippen molar-refractivity contribution >= 4 is 0 Å². The van der Waals surface area contributed by atoms with Gasteiger partial charge in [-0.1, -0.05) is 0 Å². The van der Waals surface area contributed by atoms with Gasteiger partial charge in [-0.2, -0.15) is 5.10 Å². The minimum absolute atomic E-state index is 0.314. The molecule has 3 heterocycles. The van der Waals surface area contributed by atoms with Crippen molar-refractivity contribution in [2.75, 3.05) is 13.6 Å². The molecule has 0 saturated carbocycles. The summed E-state index contributed by atoms with van der Waals surface area (Å²) in [6.07, 6.45) is 0. The summed E-state index contributed by atoms with van der Waals surface area (Å²) in [6.45, 7) is 6.12. The molecule has 0 unspecified atom stereocenters. The van der Waals surface area contributed by atoms with Crippen molar-refractivity contribution in [1.29, 1.82) is 0 Å². The van der Waals surface area contributed by atoms with Crippen molar-refractivity contribution in [3.05, 3.63) is 17.6 Å². The highest BCUT2D eigenvalue weighted by Crippen LogP contribution is 2.27. The van der Waals surface area contributed by atoms with Gasteiger partial charge < -0.3 is 4.57 Å². The van der Waals surface area contributed by atoms with E-state index in [-0.39, 0.29) is 0 Å². The molecule has 0 amide bonds. The maximum Gasteiger partial charge on any atom is 0.182 e. The Morgan fingerprint density at radius 3 is 2.67 bits per heavy atom. The molecule has 0 fully saturated rings. The molecule has 1 aliphatic rings. The molecule has 6 nitrogen and oxygen atoms in total. The van der Waals surface area contributed by atoms with Crippen molar-refractivity contribution in [2.24, 2.45) is 7.05 Å². The van der Waals surface area contributed by atoms with E-state index in [9.17, 15) is 0 Å². The zero-order valence-electron chi connectivity index (χ0n) is 11.3. The Labute approximate surface area is 106 Å². The average Bonchev–Trinajstić information content (AvgIpc) is 2.87. The summed E-state index contributed by atoms with van der Waals surface area (Å²) in [5.74, 6) is 1.96. The SMILES string of the molecule is Cc1cc(-c2nnc3n2CCN(C)[C@@H]3C)n(C)n1. The van der Waals surface area contributed by atoms with E-state index in [0.29, 0.717) is 6.04 Å². The maximum atomic E-state index is 4.38. The minimum Gasteiger partial charge on any atom is -0.307 e. The molecule has 96 valence electrons. The zero-order chi connectivity index (χ0) is 12.9. The van der Waals surface area contributed by atoms with Crippen LogP contribution in [-0.2, 0) is 13.6 Å². The molecule has 6 heteroatoms. The Hall–Kier alpha value is -1.69. The molecule has 0 saturated heterocycles. The lowest BCUT2D eigenvalue weighted by Crippen LogP contribution is -2.34. The van der Waals surface area contributed by atoms with Gasteiger partial charge in [-0.3, -0.25) is 9.58 Å². The van der Waals surface area contributed by atoms with Crippen LogP contribution in [0.5, 0.6) is 0 Å². The van der Waals surface area contributed by atoms with E-state index < -0.39 is 0 Å². The Morgan fingerprint density at radius 2 is 2.00 bits per heavy atom. The van der Waals surface area contributed by atoms with E-state index in [2.05, 4.69) is 44.8 Å². The molecule has 18 heavy (non-hydrogen) atoms. The first-order valence-corrected chi connectivity index (χ1v) is 6.22. The fourth-order valence-electron chi connectivity index (χ4n) is 2.50. The first-order valence-electron chi connectivity index (χ1n) is 6.22. The highest BCUT2D eigenvalue weighted by molar-refractivity contribution is 5.51. The van der Waals surface area contributed by atoms with E-state index in [1.807, 2.05) is 18.7 Å². The predicted molar refractivity (Wildman–Crippen MR) is 68.0 cm³/mol. The summed E-state index contributed by atoms with van der Waals surface area (Å²) in [7, 11) is 4.07. The molecule has 2 aromatic rings. The fourth-order valence-corrected chi connectivity index (χ4v) is 2.50. The molecule has 0 aromatic carbocycles. The van der Waals surface area contributed by atoms with Crippen LogP contribution in [0.25, 0.3) is 11.5 Å². The molecule has 3 rings (SSSR count). The van der Waals surface area contributed by atoms with Gasteiger partial charge in [-0.05, 0) is 27.0 Å². The van der Waals surface area contributed by atoms with Gasteiger partial charge >= 0.3 is 0 Å². The van der Waals surface area contributed by atoms with Crippen LogP contribution in [0, 0.1) is 6.92 Å². The van der Waals surface area contributed by atoms with Gasteiger partial charge in [0.05, 0.1) is 11.7 Å². The first kappa shape index (κ1) is 11.4. The van der Waals surface area contributed by atoms with Crippen molar-refractivity contribution < 1.29 is 0 Å². The highest BCUT2D eigenvalue weighted by atomic mass is 15.4. The smallest absolute Gasteiger partial charge is 0.182 e. The van der Waals surface area contributed by atoms with E-state index in [1.165, 1.54) is 0 Å². The van der Waals surface area contributed by atoms with E-state index >= 15 is 0 Å². The molecule has 0 spiro atoms. The Balaban J connectivity index is 2.11. The highest BCUT2D eigenvalue weighted by Gasteiger charge is 2.27. The number of hydrogen-bond acceptors (Lipinski definition) is 4. The molecule has 2 aromatic heterocycles. The summed E-state index contributed by atoms with van der Waals surface area (Å²) in [4.78, 5) is 2.29. The first-order chi connectivity index (χ1) is 8.58. The molecule has 0 N–H and O–H groups in total. The van der Waals surface area contributed by atoms with Gasteiger partial charge in [0.15, 0.2) is 5.82 Å². The number of likely N-dealkylation sites (N-methyl/N-ethyl adjacent to an activating group) is 1. The van der Waals surface area contributed by atoms with E-state index in [1.54, 1.807) is 0 Å². The largest absolute Gasteiger partial charge is 0.307 e. The van der Waals surface area contributed by atoms with Gasteiger partial charge in [0.25, 0.3) is 0 Å². The maximum absolute atomic E-state index is 4.38. The molecular formula is C12H18N6. The van der Waals surface area contributed by atoms with Gasteiger partial charge in [0, 0.05) is 20.1 Å². The third-order valence-corrected chi connectivity index (χ3v) is 3.72. The van der Waals surface area contributed by atoms with Crippen molar-refractivity contribution in [2.45, 2.75) is 26.4 Å². The zero-order valence-corrected chi connectivity index (χ0v) is 11.3. The summed E-state index contributed by atoms with van der Waals surface area (Å²) in [6, 6.07) is 2.37. The van der Waals surface area contributed by atoms with E-state index in [4.69, 9.17) is 0 Å². The van der Waals surface area contributed by atoms with Crippen LogP contribution >= 0.6 is 0 Å².